The van der Waals surface area contributed by atoms with E-state index in [0.717, 1.165) is 28.2 Å². The van der Waals surface area contributed by atoms with Crippen LogP contribution in [0.15, 0.2) is 42.5 Å². The highest BCUT2D eigenvalue weighted by Gasteiger charge is 2.24. The molecule has 9 heteroatoms. The van der Waals surface area contributed by atoms with Crippen LogP contribution in [0, 0.1) is 6.92 Å². The molecule has 154 valence electrons. The lowest BCUT2D eigenvalue weighted by molar-refractivity contribution is -0.117. The van der Waals surface area contributed by atoms with Crippen molar-refractivity contribution < 1.29 is 18.0 Å². The standard InChI is InChI=1S/C20H22ClN3O4S/c1-14-8-9-16(12-18(14)23-10-4-7-20(23)26)22-19(25)13-24(29(2,27)28)17-6-3-5-15(21)11-17/h3,5-6,8-9,11-12H,4,7,10,13H2,1-2H3,(H,22,25). The lowest BCUT2D eigenvalue weighted by Crippen LogP contribution is -2.37. The van der Waals surface area contributed by atoms with Crippen molar-refractivity contribution >= 4 is 50.5 Å². The molecule has 0 aromatic heterocycles. The topological polar surface area (TPSA) is 86.8 Å². The molecule has 0 unspecified atom stereocenters. The van der Waals surface area contributed by atoms with Crippen LogP contribution in [0.1, 0.15) is 18.4 Å². The first kappa shape index (κ1) is 21.1. The van der Waals surface area contributed by atoms with Crippen LogP contribution in [-0.2, 0) is 19.6 Å². The molecule has 2 aromatic carbocycles. The van der Waals surface area contributed by atoms with Gasteiger partial charge in [-0.1, -0.05) is 23.7 Å². The van der Waals surface area contributed by atoms with Crippen molar-refractivity contribution in [2.45, 2.75) is 19.8 Å². The number of nitrogens with zero attached hydrogens (tertiary/aromatic N) is 2. The number of halogens is 1. The number of hydrogen-bond acceptors (Lipinski definition) is 4. The van der Waals surface area contributed by atoms with Crippen molar-refractivity contribution in [3.8, 4) is 0 Å². The first-order valence-corrected chi connectivity index (χ1v) is 11.3. The van der Waals surface area contributed by atoms with Gasteiger partial charge in [0.1, 0.15) is 6.54 Å². The van der Waals surface area contributed by atoms with Gasteiger partial charge in [-0.3, -0.25) is 13.9 Å². The molecule has 1 aliphatic rings. The van der Waals surface area contributed by atoms with Crippen LogP contribution in [0.2, 0.25) is 5.02 Å². The van der Waals surface area contributed by atoms with Crippen LogP contribution >= 0.6 is 11.6 Å². The smallest absolute Gasteiger partial charge is 0.245 e. The molecule has 0 spiro atoms. The van der Waals surface area contributed by atoms with Crippen molar-refractivity contribution in [2.75, 3.05) is 33.9 Å². The average molecular weight is 436 g/mol. The van der Waals surface area contributed by atoms with Gasteiger partial charge < -0.3 is 10.2 Å². The van der Waals surface area contributed by atoms with Gasteiger partial charge in [0.25, 0.3) is 0 Å². The number of sulfonamides is 1. The Hall–Kier alpha value is -2.58. The summed E-state index contributed by atoms with van der Waals surface area (Å²) in [6, 6.07) is 11.6. The number of amides is 2. The monoisotopic (exact) mass is 435 g/mol. The van der Waals surface area contributed by atoms with Gasteiger partial charge >= 0.3 is 0 Å². The van der Waals surface area contributed by atoms with Gasteiger partial charge in [0.05, 0.1) is 11.9 Å². The minimum atomic E-state index is -3.70. The number of hydrogen-bond donors (Lipinski definition) is 1. The molecule has 2 aromatic rings. The highest BCUT2D eigenvalue weighted by atomic mass is 35.5. The summed E-state index contributed by atoms with van der Waals surface area (Å²) in [5.74, 6) is -0.446. The maximum absolute atomic E-state index is 12.6. The zero-order chi connectivity index (χ0) is 21.2. The predicted octanol–water partition coefficient (Wildman–Crippen LogP) is 3.18. The molecule has 1 N–H and O–H groups in total. The normalized spacial score (nSPS) is 14.2. The highest BCUT2D eigenvalue weighted by molar-refractivity contribution is 7.92. The summed E-state index contributed by atoms with van der Waals surface area (Å²) in [6.07, 6.45) is 2.35. The second-order valence-electron chi connectivity index (χ2n) is 6.95. The van der Waals surface area contributed by atoms with E-state index in [9.17, 15) is 18.0 Å². The lowest BCUT2D eigenvalue weighted by atomic mass is 10.1. The van der Waals surface area contributed by atoms with Crippen LogP contribution in [-0.4, -0.2) is 39.6 Å². The zero-order valence-corrected chi connectivity index (χ0v) is 17.8. The Morgan fingerprint density at radius 3 is 2.62 bits per heavy atom. The number of carbonyl (C=O) groups is 2. The Kier molecular flexibility index (Phi) is 6.14. The van der Waals surface area contributed by atoms with Gasteiger partial charge in [-0.15, -0.1) is 0 Å². The second-order valence-corrected chi connectivity index (χ2v) is 9.29. The number of rotatable bonds is 6. The molecule has 1 fully saturated rings. The Morgan fingerprint density at radius 1 is 1.24 bits per heavy atom. The molecular formula is C20H22ClN3O4S. The third-order valence-corrected chi connectivity index (χ3v) is 6.02. The van der Waals surface area contributed by atoms with Crippen LogP contribution in [0.3, 0.4) is 0 Å². The quantitative estimate of drug-likeness (QED) is 0.754. The molecule has 0 radical (unpaired) electrons. The van der Waals surface area contributed by atoms with E-state index in [0.29, 0.717) is 29.4 Å². The zero-order valence-electron chi connectivity index (χ0n) is 16.2. The third kappa shape index (κ3) is 5.07. The molecular weight excluding hydrogens is 414 g/mol. The van der Waals surface area contributed by atoms with E-state index in [1.807, 2.05) is 13.0 Å². The fourth-order valence-electron chi connectivity index (χ4n) is 3.24. The molecule has 0 saturated carbocycles. The summed E-state index contributed by atoms with van der Waals surface area (Å²) in [5, 5.41) is 3.09. The summed E-state index contributed by atoms with van der Waals surface area (Å²) in [5.41, 5.74) is 2.48. The second kappa shape index (κ2) is 8.42. The first-order chi connectivity index (χ1) is 13.6. The van der Waals surface area contributed by atoms with E-state index < -0.39 is 22.5 Å². The first-order valence-electron chi connectivity index (χ1n) is 9.09. The number of carbonyl (C=O) groups excluding carboxylic acids is 2. The highest BCUT2D eigenvalue weighted by Crippen LogP contribution is 2.28. The van der Waals surface area contributed by atoms with Crippen molar-refractivity contribution in [1.82, 2.24) is 0 Å². The molecule has 1 heterocycles. The van der Waals surface area contributed by atoms with E-state index in [2.05, 4.69) is 5.32 Å². The number of nitrogens with one attached hydrogen (secondary N) is 1. The van der Waals surface area contributed by atoms with Gasteiger partial charge in [0.2, 0.25) is 21.8 Å². The Labute approximate surface area is 175 Å². The molecule has 0 atom stereocenters. The number of anilines is 3. The van der Waals surface area contributed by atoms with E-state index >= 15 is 0 Å². The van der Waals surface area contributed by atoms with Crippen molar-refractivity contribution in [1.29, 1.82) is 0 Å². The van der Waals surface area contributed by atoms with Gasteiger partial charge in [0, 0.05) is 29.4 Å². The third-order valence-electron chi connectivity index (χ3n) is 4.64. The van der Waals surface area contributed by atoms with Gasteiger partial charge in [-0.25, -0.2) is 8.42 Å². The van der Waals surface area contributed by atoms with E-state index in [1.54, 1.807) is 35.2 Å². The summed E-state index contributed by atoms with van der Waals surface area (Å²) in [7, 11) is -3.70. The largest absolute Gasteiger partial charge is 0.324 e. The van der Waals surface area contributed by atoms with E-state index in [-0.39, 0.29) is 5.91 Å². The summed E-state index contributed by atoms with van der Waals surface area (Å²) in [4.78, 5) is 26.3. The number of aryl methyl sites for hydroxylation is 1. The average Bonchev–Trinajstić information content (AvgIpc) is 3.06. The van der Waals surface area contributed by atoms with Crippen LogP contribution in [0.25, 0.3) is 0 Å². The maximum Gasteiger partial charge on any atom is 0.245 e. The molecule has 29 heavy (non-hydrogen) atoms. The van der Waals surface area contributed by atoms with Crippen LogP contribution in [0.4, 0.5) is 17.1 Å². The summed E-state index contributed by atoms with van der Waals surface area (Å²) in [6.45, 7) is 2.15. The molecule has 3 rings (SSSR count). The minimum Gasteiger partial charge on any atom is -0.324 e. The molecule has 0 bridgehead atoms. The van der Waals surface area contributed by atoms with Crippen molar-refractivity contribution in [3.63, 3.8) is 0 Å². The predicted molar refractivity (Wildman–Crippen MR) is 115 cm³/mol. The van der Waals surface area contributed by atoms with E-state index in [1.165, 1.54) is 6.07 Å². The molecule has 1 aliphatic heterocycles. The Morgan fingerprint density at radius 2 is 2.00 bits per heavy atom. The van der Waals surface area contributed by atoms with Gasteiger partial charge in [-0.05, 0) is 49.2 Å². The van der Waals surface area contributed by atoms with Crippen LogP contribution in [0.5, 0.6) is 0 Å². The fourth-order valence-corrected chi connectivity index (χ4v) is 4.28. The van der Waals surface area contributed by atoms with Gasteiger partial charge in [0.15, 0.2) is 0 Å². The van der Waals surface area contributed by atoms with Crippen molar-refractivity contribution in [2.24, 2.45) is 0 Å². The fraction of sp³-hybridized carbons (Fsp3) is 0.300. The van der Waals surface area contributed by atoms with Gasteiger partial charge in [-0.2, -0.15) is 0 Å². The lowest BCUT2D eigenvalue weighted by Gasteiger charge is -2.23. The molecule has 2 amide bonds. The summed E-state index contributed by atoms with van der Waals surface area (Å²) >= 11 is 5.96. The molecule has 0 aliphatic carbocycles. The minimum absolute atomic E-state index is 0.0563. The maximum atomic E-state index is 12.6. The van der Waals surface area contributed by atoms with Crippen molar-refractivity contribution in [3.05, 3.63) is 53.1 Å². The molecule has 1 saturated heterocycles. The Balaban J connectivity index is 1.79. The SMILES string of the molecule is Cc1ccc(NC(=O)CN(c2cccc(Cl)c2)S(C)(=O)=O)cc1N1CCCC1=O. The van der Waals surface area contributed by atoms with Crippen LogP contribution < -0.4 is 14.5 Å². The summed E-state index contributed by atoms with van der Waals surface area (Å²) < 4.78 is 25.4. The molecule has 7 nitrogen and oxygen atoms in total. The Bertz CT molecular complexity index is 1060. The van der Waals surface area contributed by atoms with E-state index in [4.69, 9.17) is 11.6 Å². The number of benzene rings is 2.